The summed E-state index contributed by atoms with van der Waals surface area (Å²) in [6.45, 7) is 0.723. The van der Waals surface area contributed by atoms with Crippen molar-refractivity contribution < 1.29 is 14.3 Å². The zero-order valence-electron chi connectivity index (χ0n) is 10.5. The molecule has 0 unspecified atom stereocenters. The van der Waals surface area contributed by atoms with Gasteiger partial charge in [-0.1, -0.05) is 0 Å². The quantitative estimate of drug-likeness (QED) is 0.597. The molecule has 2 rings (SSSR count). The van der Waals surface area contributed by atoms with E-state index in [1.54, 1.807) is 19.2 Å². The Morgan fingerprint density at radius 2 is 2.28 bits per heavy atom. The highest BCUT2D eigenvalue weighted by Gasteiger charge is 2.08. The summed E-state index contributed by atoms with van der Waals surface area (Å²) in [6, 6.07) is 3.45. The molecular formula is C13H16N2O3. The Hall–Kier alpha value is -1.88. The SMILES string of the molecule is COCCCc1cn2ccc(C(=O)OC)cc2n1. The molecule has 96 valence electrons. The summed E-state index contributed by atoms with van der Waals surface area (Å²) in [7, 11) is 3.06. The van der Waals surface area contributed by atoms with Crippen LogP contribution < -0.4 is 0 Å². The maximum atomic E-state index is 11.4. The first-order valence-electron chi connectivity index (χ1n) is 5.79. The smallest absolute Gasteiger partial charge is 0.338 e. The second-order valence-electron chi connectivity index (χ2n) is 4.00. The monoisotopic (exact) mass is 248 g/mol. The summed E-state index contributed by atoms with van der Waals surface area (Å²) < 4.78 is 11.6. The summed E-state index contributed by atoms with van der Waals surface area (Å²) in [4.78, 5) is 15.9. The van der Waals surface area contributed by atoms with Gasteiger partial charge in [0.15, 0.2) is 0 Å². The third-order valence-electron chi connectivity index (χ3n) is 2.71. The maximum absolute atomic E-state index is 11.4. The second-order valence-corrected chi connectivity index (χ2v) is 4.00. The normalized spacial score (nSPS) is 10.8. The molecule has 0 bridgehead atoms. The minimum absolute atomic E-state index is 0.346. The molecule has 0 spiro atoms. The van der Waals surface area contributed by atoms with Gasteiger partial charge in [0.05, 0.1) is 18.4 Å². The maximum Gasteiger partial charge on any atom is 0.338 e. The van der Waals surface area contributed by atoms with E-state index >= 15 is 0 Å². The molecule has 0 aromatic carbocycles. The van der Waals surface area contributed by atoms with Crippen LogP contribution in [0.2, 0.25) is 0 Å². The molecule has 0 fully saturated rings. The van der Waals surface area contributed by atoms with Crippen LogP contribution in [-0.4, -0.2) is 36.2 Å². The number of esters is 1. The van der Waals surface area contributed by atoms with Crippen molar-refractivity contribution in [2.75, 3.05) is 20.8 Å². The Labute approximate surface area is 105 Å². The standard InChI is InChI=1S/C13H16N2O3/c1-17-7-3-4-11-9-15-6-5-10(13(16)18-2)8-12(15)14-11/h5-6,8-9H,3-4,7H2,1-2H3. The van der Waals surface area contributed by atoms with Gasteiger partial charge in [-0.3, -0.25) is 0 Å². The average Bonchev–Trinajstić information content (AvgIpc) is 2.79. The van der Waals surface area contributed by atoms with Gasteiger partial charge in [0.25, 0.3) is 0 Å². The second kappa shape index (κ2) is 5.64. The molecule has 2 aromatic rings. The lowest BCUT2D eigenvalue weighted by Crippen LogP contribution is -2.01. The van der Waals surface area contributed by atoms with E-state index in [1.807, 2.05) is 16.8 Å². The van der Waals surface area contributed by atoms with Crippen molar-refractivity contribution in [3.63, 3.8) is 0 Å². The van der Waals surface area contributed by atoms with Crippen LogP contribution in [0.15, 0.2) is 24.5 Å². The number of hydrogen-bond acceptors (Lipinski definition) is 4. The molecule has 2 heterocycles. The highest BCUT2D eigenvalue weighted by Crippen LogP contribution is 2.10. The zero-order valence-corrected chi connectivity index (χ0v) is 10.5. The molecule has 2 aromatic heterocycles. The fourth-order valence-corrected chi connectivity index (χ4v) is 1.80. The highest BCUT2D eigenvalue weighted by atomic mass is 16.5. The van der Waals surface area contributed by atoms with Crippen LogP contribution in [0.4, 0.5) is 0 Å². The number of imidazole rings is 1. The minimum Gasteiger partial charge on any atom is -0.465 e. The van der Waals surface area contributed by atoms with Crippen molar-refractivity contribution >= 4 is 11.6 Å². The lowest BCUT2D eigenvalue weighted by atomic mass is 10.3. The van der Waals surface area contributed by atoms with Crippen molar-refractivity contribution in [3.05, 3.63) is 35.8 Å². The molecular weight excluding hydrogens is 232 g/mol. The van der Waals surface area contributed by atoms with Crippen LogP contribution in [0.3, 0.4) is 0 Å². The van der Waals surface area contributed by atoms with Crippen molar-refractivity contribution in [2.24, 2.45) is 0 Å². The Morgan fingerprint density at radius 1 is 1.44 bits per heavy atom. The van der Waals surface area contributed by atoms with E-state index in [0.29, 0.717) is 5.56 Å². The Bertz CT molecular complexity index is 548. The highest BCUT2D eigenvalue weighted by molar-refractivity contribution is 5.90. The summed E-state index contributed by atoms with van der Waals surface area (Å²) in [6.07, 6.45) is 5.58. The third-order valence-corrected chi connectivity index (χ3v) is 2.71. The average molecular weight is 248 g/mol. The van der Waals surface area contributed by atoms with Crippen molar-refractivity contribution in [1.29, 1.82) is 0 Å². The lowest BCUT2D eigenvalue weighted by Gasteiger charge is -1.98. The van der Waals surface area contributed by atoms with Gasteiger partial charge >= 0.3 is 5.97 Å². The predicted molar refractivity (Wildman–Crippen MR) is 66.7 cm³/mol. The van der Waals surface area contributed by atoms with Gasteiger partial charge in [-0.2, -0.15) is 0 Å². The first-order chi connectivity index (χ1) is 8.74. The molecule has 0 aliphatic heterocycles. The van der Waals surface area contributed by atoms with E-state index in [-0.39, 0.29) is 5.97 Å². The fourth-order valence-electron chi connectivity index (χ4n) is 1.80. The van der Waals surface area contributed by atoms with E-state index in [0.717, 1.165) is 30.8 Å². The molecule has 0 saturated carbocycles. The van der Waals surface area contributed by atoms with Gasteiger partial charge in [-0.25, -0.2) is 9.78 Å². The Balaban J connectivity index is 2.20. The van der Waals surface area contributed by atoms with E-state index in [2.05, 4.69) is 9.72 Å². The molecule has 0 aliphatic carbocycles. The number of carbonyl (C=O) groups excluding carboxylic acids is 1. The van der Waals surface area contributed by atoms with E-state index in [9.17, 15) is 4.79 Å². The molecule has 0 atom stereocenters. The number of rotatable bonds is 5. The molecule has 0 N–H and O–H groups in total. The first-order valence-corrected chi connectivity index (χ1v) is 5.79. The summed E-state index contributed by atoms with van der Waals surface area (Å²) in [5, 5.41) is 0. The van der Waals surface area contributed by atoms with Crippen LogP contribution in [0.1, 0.15) is 22.5 Å². The molecule has 5 nitrogen and oxygen atoms in total. The molecule has 18 heavy (non-hydrogen) atoms. The van der Waals surface area contributed by atoms with E-state index < -0.39 is 0 Å². The van der Waals surface area contributed by atoms with Gasteiger partial charge in [-0.15, -0.1) is 0 Å². The molecule has 0 amide bonds. The number of aryl methyl sites for hydroxylation is 1. The number of nitrogens with zero attached hydrogens (tertiary/aromatic N) is 2. The van der Waals surface area contributed by atoms with Gasteiger partial charge < -0.3 is 13.9 Å². The first kappa shape index (κ1) is 12.6. The Kier molecular flexibility index (Phi) is 3.94. The number of hydrogen-bond donors (Lipinski definition) is 0. The number of methoxy groups -OCH3 is 2. The lowest BCUT2D eigenvalue weighted by molar-refractivity contribution is 0.0600. The van der Waals surface area contributed by atoms with E-state index in [4.69, 9.17) is 4.74 Å². The Morgan fingerprint density at radius 3 is 3.00 bits per heavy atom. The minimum atomic E-state index is -0.346. The predicted octanol–water partition coefficient (Wildman–Crippen LogP) is 1.70. The number of ether oxygens (including phenoxy) is 2. The zero-order chi connectivity index (χ0) is 13.0. The summed E-state index contributed by atoms with van der Waals surface area (Å²) >= 11 is 0. The number of fused-ring (bicyclic) bond motifs is 1. The van der Waals surface area contributed by atoms with Crippen LogP contribution in [0.25, 0.3) is 5.65 Å². The van der Waals surface area contributed by atoms with Crippen LogP contribution in [0.5, 0.6) is 0 Å². The van der Waals surface area contributed by atoms with Gasteiger partial charge in [-0.05, 0) is 25.0 Å². The number of pyridine rings is 1. The van der Waals surface area contributed by atoms with Crippen LogP contribution in [-0.2, 0) is 15.9 Å². The van der Waals surface area contributed by atoms with Crippen LogP contribution in [0, 0.1) is 0 Å². The van der Waals surface area contributed by atoms with Gasteiger partial charge in [0, 0.05) is 26.1 Å². The van der Waals surface area contributed by atoms with Crippen molar-refractivity contribution in [1.82, 2.24) is 9.38 Å². The molecule has 0 saturated heterocycles. The van der Waals surface area contributed by atoms with Crippen molar-refractivity contribution in [2.45, 2.75) is 12.8 Å². The summed E-state index contributed by atoms with van der Waals surface area (Å²) in [5.74, 6) is -0.346. The largest absolute Gasteiger partial charge is 0.465 e. The molecule has 5 heteroatoms. The fraction of sp³-hybridized carbons (Fsp3) is 0.385. The topological polar surface area (TPSA) is 52.8 Å². The summed E-state index contributed by atoms with van der Waals surface area (Å²) in [5.41, 5.74) is 2.26. The number of carbonyl (C=O) groups is 1. The molecule has 0 aliphatic rings. The third kappa shape index (κ3) is 2.68. The molecule has 0 radical (unpaired) electrons. The van der Waals surface area contributed by atoms with Gasteiger partial charge in [0.1, 0.15) is 5.65 Å². The number of aromatic nitrogens is 2. The van der Waals surface area contributed by atoms with Crippen molar-refractivity contribution in [3.8, 4) is 0 Å². The van der Waals surface area contributed by atoms with Crippen LogP contribution >= 0.6 is 0 Å². The van der Waals surface area contributed by atoms with Gasteiger partial charge in [0.2, 0.25) is 0 Å². The van der Waals surface area contributed by atoms with E-state index in [1.165, 1.54) is 7.11 Å².